The van der Waals surface area contributed by atoms with E-state index in [0.29, 0.717) is 12.0 Å². The second-order valence-electron chi connectivity index (χ2n) is 6.18. The molecule has 0 spiro atoms. The number of rotatable bonds is 9. The Balaban J connectivity index is 2.60. The predicted octanol–water partition coefficient (Wildman–Crippen LogP) is 2.51. The second kappa shape index (κ2) is 11.0. The fourth-order valence-corrected chi connectivity index (χ4v) is 2.37. The molecular weight excluding hydrogens is 392 g/mol. The SMILES string of the molecule is COC(=O)C(CC(C)C)NC(=O)COC(=O)/C=C/c1ccc(Cl)c([N+](=O)[O-])c1. The molecule has 28 heavy (non-hydrogen) atoms. The molecule has 0 bridgehead atoms. The standard InChI is InChI=1S/C18H21ClN2O7/c1-11(2)8-14(18(24)27-3)20-16(22)10-28-17(23)7-5-12-4-6-13(19)15(9-12)21(25)26/h4-7,9,11,14H,8,10H2,1-3H3,(H,20,22)/b7-5+. The van der Waals surface area contributed by atoms with E-state index < -0.39 is 35.4 Å². The van der Waals surface area contributed by atoms with Gasteiger partial charge in [-0.05, 0) is 30.0 Å². The summed E-state index contributed by atoms with van der Waals surface area (Å²) in [5.74, 6) is -1.93. The molecule has 0 aliphatic rings. The first kappa shape index (κ1) is 23.1. The topological polar surface area (TPSA) is 125 Å². The zero-order valence-electron chi connectivity index (χ0n) is 15.6. The molecule has 10 heteroatoms. The molecule has 0 aliphatic carbocycles. The highest BCUT2D eigenvalue weighted by Gasteiger charge is 2.22. The van der Waals surface area contributed by atoms with Crippen LogP contribution in [0.2, 0.25) is 5.02 Å². The van der Waals surface area contributed by atoms with Crippen LogP contribution in [-0.2, 0) is 23.9 Å². The van der Waals surface area contributed by atoms with Crippen LogP contribution >= 0.6 is 11.6 Å². The van der Waals surface area contributed by atoms with Crippen molar-refractivity contribution in [3.05, 3.63) is 45.0 Å². The van der Waals surface area contributed by atoms with Gasteiger partial charge in [0, 0.05) is 12.1 Å². The van der Waals surface area contributed by atoms with Gasteiger partial charge >= 0.3 is 11.9 Å². The Morgan fingerprint density at radius 3 is 2.57 bits per heavy atom. The lowest BCUT2D eigenvalue weighted by Crippen LogP contribution is -2.44. The van der Waals surface area contributed by atoms with Crippen molar-refractivity contribution in [2.24, 2.45) is 5.92 Å². The molecule has 0 heterocycles. The van der Waals surface area contributed by atoms with Crippen LogP contribution in [0.1, 0.15) is 25.8 Å². The van der Waals surface area contributed by atoms with Crippen LogP contribution in [-0.4, -0.2) is 42.5 Å². The van der Waals surface area contributed by atoms with Crippen molar-refractivity contribution in [3.63, 3.8) is 0 Å². The summed E-state index contributed by atoms with van der Waals surface area (Å²) in [6, 6.07) is 3.19. The van der Waals surface area contributed by atoms with Crippen LogP contribution in [0.4, 0.5) is 5.69 Å². The summed E-state index contributed by atoms with van der Waals surface area (Å²) in [5.41, 5.74) is 0.0655. The zero-order chi connectivity index (χ0) is 21.3. The van der Waals surface area contributed by atoms with Gasteiger partial charge in [0.1, 0.15) is 11.1 Å². The van der Waals surface area contributed by atoms with Gasteiger partial charge < -0.3 is 14.8 Å². The first-order valence-electron chi connectivity index (χ1n) is 8.30. The van der Waals surface area contributed by atoms with Crippen molar-refractivity contribution >= 4 is 41.2 Å². The van der Waals surface area contributed by atoms with Crippen LogP contribution in [0.3, 0.4) is 0 Å². The minimum Gasteiger partial charge on any atom is -0.467 e. The van der Waals surface area contributed by atoms with Gasteiger partial charge in [0.15, 0.2) is 6.61 Å². The lowest BCUT2D eigenvalue weighted by Gasteiger charge is -2.18. The molecule has 1 unspecified atom stereocenters. The third-order valence-electron chi connectivity index (χ3n) is 3.45. The molecule has 9 nitrogen and oxygen atoms in total. The lowest BCUT2D eigenvalue weighted by atomic mass is 10.0. The Hall–Kier alpha value is -2.94. The molecule has 0 saturated carbocycles. The van der Waals surface area contributed by atoms with Crippen LogP contribution < -0.4 is 5.32 Å². The number of methoxy groups -OCH3 is 1. The van der Waals surface area contributed by atoms with Gasteiger partial charge in [-0.25, -0.2) is 9.59 Å². The number of nitro benzene ring substituents is 1. The van der Waals surface area contributed by atoms with Crippen molar-refractivity contribution in [2.75, 3.05) is 13.7 Å². The number of hydrogen-bond acceptors (Lipinski definition) is 7. The van der Waals surface area contributed by atoms with E-state index in [-0.39, 0.29) is 16.6 Å². The predicted molar refractivity (Wildman–Crippen MR) is 102 cm³/mol. The maximum Gasteiger partial charge on any atom is 0.331 e. The maximum atomic E-state index is 11.9. The van der Waals surface area contributed by atoms with Gasteiger partial charge in [0.05, 0.1) is 12.0 Å². The Morgan fingerprint density at radius 1 is 1.32 bits per heavy atom. The highest BCUT2D eigenvalue weighted by atomic mass is 35.5. The second-order valence-corrected chi connectivity index (χ2v) is 6.59. The molecule has 1 rings (SSSR count). The average Bonchev–Trinajstić information content (AvgIpc) is 2.63. The quantitative estimate of drug-likeness (QED) is 0.286. The minimum absolute atomic E-state index is 0.0250. The lowest BCUT2D eigenvalue weighted by molar-refractivity contribution is -0.384. The molecule has 0 saturated heterocycles. The number of halogens is 1. The van der Waals surface area contributed by atoms with E-state index in [1.54, 1.807) is 0 Å². The van der Waals surface area contributed by atoms with Crippen LogP contribution in [0.25, 0.3) is 6.08 Å². The maximum absolute atomic E-state index is 11.9. The first-order valence-corrected chi connectivity index (χ1v) is 8.67. The third kappa shape index (κ3) is 7.75. The highest BCUT2D eigenvalue weighted by Crippen LogP contribution is 2.25. The van der Waals surface area contributed by atoms with E-state index in [1.807, 2.05) is 13.8 Å². The molecule has 0 aromatic heterocycles. The summed E-state index contributed by atoms with van der Waals surface area (Å²) in [6.07, 6.45) is 2.69. The molecule has 1 N–H and O–H groups in total. The Morgan fingerprint density at radius 2 is 2.00 bits per heavy atom. The van der Waals surface area contributed by atoms with Crippen molar-refractivity contribution in [1.29, 1.82) is 0 Å². The number of hydrogen-bond donors (Lipinski definition) is 1. The zero-order valence-corrected chi connectivity index (χ0v) is 16.4. The number of nitrogens with zero attached hydrogens (tertiary/aromatic N) is 1. The van der Waals surface area contributed by atoms with Crippen molar-refractivity contribution < 1.29 is 28.8 Å². The van der Waals surface area contributed by atoms with Gasteiger partial charge in [-0.15, -0.1) is 0 Å². The normalized spacial score (nSPS) is 11.9. The number of benzene rings is 1. The first-order chi connectivity index (χ1) is 13.1. The number of carbonyl (C=O) groups excluding carboxylic acids is 3. The molecule has 0 fully saturated rings. The number of carbonyl (C=O) groups is 3. The Bertz CT molecular complexity index is 777. The summed E-state index contributed by atoms with van der Waals surface area (Å²) >= 11 is 5.71. The number of nitro groups is 1. The molecule has 1 aromatic rings. The number of esters is 2. The molecule has 1 aromatic carbocycles. The van der Waals surface area contributed by atoms with Gasteiger partial charge in [0.2, 0.25) is 0 Å². The van der Waals surface area contributed by atoms with E-state index in [1.165, 1.54) is 31.4 Å². The monoisotopic (exact) mass is 412 g/mol. The van der Waals surface area contributed by atoms with E-state index in [2.05, 4.69) is 10.1 Å². The van der Waals surface area contributed by atoms with Crippen LogP contribution in [0.5, 0.6) is 0 Å². The van der Waals surface area contributed by atoms with Crippen molar-refractivity contribution in [3.8, 4) is 0 Å². The summed E-state index contributed by atoms with van der Waals surface area (Å²) in [5, 5.41) is 13.3. The largest absolute Gasteiger partial charge is 0.467 e. The van der Waals surface area contributed by atoms with Gasteiger partial charge in [-0.3, -0.25) is 14.9 Å². The molecule has 0 radical (unpaired) electrons. The van der Waals surface area contributed by atoms with Crippen molar-refractivity contribution in [2.45, 2.75) is 26.3 Å². The van der Waals surface area contributed by atoms with Crippen molar-refractivity contribution in [1.82, 2.24) is 5.32 Å². The smallest absolute Gasteiger partial charge is 0.331 e. The Labute approximate surface area is 166 Å². The number of ether oxygens (including phenoxy) is 2. The van der Waals surface area contributed by atoms with Crippen LogP contribution in [0, 0.1) is 16.0 Å². The van der Waals surface area contributed by atoms with E-state index in [0.717, 1.165) is 6.08 Å². The van der Waals surface area contributed by atoms with Gasteiger partial charge in [0.25, 0.3) is 11.6 Å². The van der Waals surface area contributed by atoms with Gasteiger partial charge in [-0.1, -0.05) is 31.5 Å². The van der Waals surface area contributed by atoms with E-state index in [9.17, 15) is 24.5 Å². The summed E-state index contributed by atoms with van der Waals surface area (Å²) in [4.78, 5) is 45.5. The third-order valence-corrected chi connectivity index (χ3v) is 3.77. The van der Waals surface area contributed by atoms with Crippen LogP contribution in [0.15, 0.2) is 24.3 Å². The average molecular weight is 413 g/mol. The van der Waals surface area contributed by atoms with E-state index >= 15 is 0 Å². The molecule has 0 aliphatic heterocycles. The fourth-order valence-electron chi connectivity index (χ4n) is 2.19. The van der Waals surface area contributed by atoms with Gasteiger partial charge in [-0.2, -0.15) is 0 Å². The summed E-state index contributed by atoms with van der Waals surface area (Å²) < 4.78 is 9.43. The number of nitrogens with one attached hydrogen (secondary N) is 1. The Kier molecular flexibility index (Phi) is 9.10. The highest BCUT2D eigenvalue weighted by molar-refractivity contribution is 6.32. The van der Waals surface area contributed by atoms with E-state index in [4.69, 9.17) is 16.3 Å². The molecule has 1 atom stereocenters. The number of amides is 1. The minimum atomic E-state index is -0.832. The molecule has 152 valence electrons. The summed E-state index contributed by atoms with van der Waals surface area (Å²) in [7, 11) is 1.22. The molecule has 1 amide bonds. The molecular formula is C18H21ClN2O7. The fraction of sp³-hybridized carbons (Fsp3) is 0.389. The summed E-state index contributed by atoms with van der Waals surface area (Å²) in [6.45, 7) is 3.18.